The van der Waals surface area contributed by atoms with Crippen molar-refractivity contribution in [2.45, 2.75) is 39.7 Å². The maximum atomic E-state index is 11.2. The Morgan fingerprint density at radius 3 is 2.37 bits per heavy atom. The van der Waals surface area contributed by atoms with Gasteiger partial charge in [-0.15, -0.1) is 0 Å². The molecule has 3 heteroatoms. The van der Waals surface area contributed by atoms with E-state index in [4.69, 9.17) is 0 Å². The zero-order valence-electron chi connectivity index (χ0n) is 11.9. The van der Waals surface area contributed by atoms with Gasteiger partial charge in [0.15, 0.2) is 0 Å². The summed E-state index contributed by atoms with van der Waals surface area (Å²) < 4.78 is 0. The average Bonchev–Trinajstić information content (AvgIpc) is 2.42. The molecule has 2 rings (SSSR count). The molecule has 0 aliphatic carbocycles. The quantitative estimate of drug-likeness (QED) is 0.906. The Kier molecular flexibility index (Phi) is 4.25. The lowest BCUT2D eigenvalue weighted by molar-refractivity contribution is -0.150. The number of aliphatic carboxylic acids is 1. The van der Waals surface area contributed by atoms with Crippen LogP contribution in [0, 0.1) is 5.41 Å². The zero-order chi connectivity index (χ0) is 13.9. The molecule has 1 aromatic carbocycles. The molecule has 0 unspecified atom stereocenters. The molecule has 1 saturated heterocycles. The van der Waals surface area contributed by atoms with Crippen LogP contribution in [0.2, 0.25) is 0 Å². The Hall–Kier alpha value is -1.35. The summed E-state index contributed by atoms with van der Waals surface area (Å²) in [6.07, 6.45) is 2.55. The number of hydrogen-bond donors (Lipinski definition) is 1. The van der Waals surface area contributed by atoms with Gasteiger partial charge in [-0.25, -0.2) is 0 Å². The van der Waals surface area contributed by atoms with Gasteiger partial charge in [0.1, 0.15) is 0 Å². The summed E-state index contributed by atoms with van der Waals surface area (Å²) in [7, 11) is 0. The molecule has 0 amide bonds. The number of rotatable bonds is 4. The van der Waals surface area contributed by atoms with Gasteiger partial charge in [-0.2, -0.15) is 0 Å². The van der Waals surface area contributed by atoms with Crippen molar-refractivity contribution in [3.05, 3.63) is 35.4 Å². The van der Waals surface area contributed by atoms with Gasteiger partial charge in [-0.05, 0) is 50.4 Å². The van der Waals surface area contributed by atoms with E-state index in [1.54, 1.807) is 0 Å². The summed E-state index contributed by atoms with van der Waals surface area (Å²) in [6.45, 7) is 6.74. The van der Waals surface area contributed by atoms with E-state index in [2.05, 4.69) is 36.1 Å². The van der Waals surface area contributed by atoms with Crippen LogP contribution in [0.4, 0.5) is 0 Å². The Labute approximate surface area is 115 Å². The monoisotopic (exact) mass is 261 g/mol. The molecule has 1 aliphatic heterocycles. The molecular formula is C16H23NO2. The summed E-state index contributed by atoms with van der Waals surface area (Å²) >= 11 is 0. The van der Waals surface area contributed by atoms with Crippen LogP contribution in [0.5, 0.6) is 0 Å². The van der Waals surface area contributed by atoms with E-state index < -0.39 is 11.4 Å². The van der Waals surface area contributed by atoms with Gasteiger partial charge in [-0.1, -0.05) is 31.2 Å². The van der Waals surface area contributed by atoms with Crippen molar-refractivity contribution in [1.82, 2.24) is 4.90 Å². The number of aryl methyl sites for hydroxylation is 1. The number of carboxylic acid groups (broad SMARTS) is 1. The van der Waals surface area contributed by atoms with Crippen LogP contribution in [0.15, 0.2) is 24.3 Å². The molecule has 104 valence electrons. The van der Waals surface area contributed by atoms with Gasteiger partial charge in [0.05, 0.1) is 5.41 Å². The molecule has 0 radical (unpaired) electrons. The molecule has 3 nitrogen and oxygen atoms in total. The summed E-state index contributed by atoms with van der Waals surface area (Å²) in [6, 6.07) is 8.53. The molecule has 0 bridgehead atoms. The van der Waals surface area contributed by atoms with Crippen LogP contribution in [-0.4, -0.2) is 29.1 Å². The smallest absolute Gasteiger partial charge is 0.309 e. The lowest BCUT2D eigenvalue weighted by Gasteiger charge is -2.36. The van der Waals surface area contributed by atoms with Crippen LogP contribution in [0.25, 0.3) is 0 Å². The highest BCUT2D eigenvalue weighted by Crippen LogP contribution is 2.31. The Bertz CT molecular complexity index is 448. The number of likely N-dealkylation sites (tertiary alicyclic amines) is 1. The molecular weight excluding hydrogens is 238 g/mol. The van der Waals surface area contributed by atoms with E-state index in [1.165, 1.54) is 11.1 Å². The Morgan fingerprint density at radius 2 is 1.84 bits per heavy atom. The predicted molar refractivity (Wildman–Crippen MR) is 76.1 cm³/mol. The highest BCUT2D eigenvalue weighted by molar-refractivity contribution is 5.74. The molecule has 1 N–H and O–H groups in total. The third-order valence-electron chi connectivity index (χ3n) is 4.37. The van der Waals surface area contributed by atoms with Crippen LogP contribution in [-0.2, 0) is 17.8 Å². The van der Waals surface area contributed by atoms with Gasteiger partial charge >= 0.3 is 5.97 Å². The van der Waals surface area contributed by atoms with Crippen LogP contribution < -0.4 is 0 Å². The minimum Gasteiger partial charge on any atom is -0.481 e. The van der Waals surface area contributed by atoms with E-state index in [0.29, 0.717) is 0 Å². The molecule has 19 heavy (non-hydrogen) atoms. The first-order valence-corrected chi connectivity index (χ1v) is 7.08. The molecule has 1 fully saturated rings. The van der Waals surface area contributed by atoms with Crippen molar-refractivity contribution in [3.8, 4) is 0 Å². The number of piperidine rings is 1. The van der Waals surface area contributed by atoms with Gasteiger partial charge < -0.3 is 5.11 Å². The number of benzene rings is 1. The van der Waals surface area contributed by atoms with Crippen molar-refractivity contribution in [2.24, 2.45) is 5.41 Å². The number of nitrogens with zero attached hydrogens (tertiary/aromatic N) is 1. The molecule has 0 atom stereocenters. The van der Waals surface area contributed by atoms with E-state index in [-0.39, 0.29) is 0 Å². The third kappa shape index (κ3) is 3.16. The SMILES string of the molecule is CCc1ccccc1CN1CCC(C)(C(=O)O)CC1. The Morgan fingerprint density at radius 1 is 1.26 bits per heavy atom. The molecule has 0 saturated carbocycles. The fraction of sp³-hybridized carbons (Fsp3) is 0.562. The fourth-order valence-electron chi connectivity index (χ4n) is 2.72. The van der Waals surface area contributed by atoms with E-state index >= 15 is 0 Å². The first kappa shape index (κ1) is 14.1. The maximum Gasteiger partial charge on any atom is 0.309 e. The van der Waals surface area contributed by atoms with Crippen molar-refractivity contribution < 1.29 is 9.90 Å². The maximum absolute atomic E-state index is 11.2. The third-order valence-corrected chi connectivity index (χ3v) is 4.37. The number of carbonyl (C=O) groups is 1. The normalized spacial score (nSPS) is 19.3. The first-order chi connectivity index (χ1) is 9.05. The second-order valence-corrected chi connectivity index (χ2v) is 5.76. The largest absolute Gasteiger partial charge is 0.481 e. The molecule has 1 heterocycles. The van der Waals surface area contributed by atoms with Gasteiger partial charge in [0.25, 0.3) is 0 Å². The van der Waals surface area contributed by atoms with Crippen LogP contribution in [0.3, 0.4) is 0 Å². The zero-order valence-corrected chi connectivity index (χ0v) is 11.9. The Balaban J connectivity index is 1.98. The van der Waals surface area contributed by atoms with Crippen molar-refractivity contribution in [1.29, 1.82) is 0 Å². The van der Waals surface area contributed by atoms with Crippen molar-refractivity contribution in [3.63, 3.8) is 0 Å². The van der Waals surface area contributed by atoms with Crippen molar-refractivity contribution in [2.75, 3.05) is 13.1 Å². The van der Waals surface area contributed by atoms with Gasteiger partial charge in [0.2, 0.25) is 0 Å². The average molecular weight is 261 g/mol. The number of carboxylic acids is 1. The lowest BCUT2D eigenvalue weighted by Crippen LogP contribution is -2.42. The summed E-state index contributed by atoms with van der Waals surface area (Å²) in [5, 5.41) is 9.24. The van der Waals surface area contributed by atoms with Gasteiger partial charge in [0, 0.05) is 6.54 Å². The lowest BCUT2D eigenvalue weighted by atomic mass is 9.80. The summed E-state index contributed by atoms with van der Waals surface area (Å²) in [5.41, 5.74) is 2.25. The summed E-state index contributed by atoms with van der Waals surface area (Å²) in [5.74, 6) is -0.652. The highest BCUT2D eigenvalue weighted by atomic mass is 16.4. The topological polar surface area (TPSA) is 40.5 Å². The van der Waals surface area contributed by atoms with Crippen molar-refractivity contribution >= 4 is 5.97 Å². The van der Waals surface area contributed by atoms with Crippen LogP contribution >= 0.6 is 0 Å². The molecule has 1 aliphatic rings. The highest BCUT2D eigenvalue weighted by Gasteiger charge is 2.36. The van der Waals surface area contributed by atoms with Crippen LogP contribution in [0.1, 0.15) is 37.8 Å². The minimum absolute atomic E-state index is 0.527. The van der Waals surface area contributed by atoms with E-state index in [1.807, 2.05) is 6.92 Å². The second kappa shape index (κ2) is 5.74. The first-order valence-electron chi connectivity index (χ1n) is 7.08. The standard InChI is InChI=1S/C16H23NO2/c1-3-13-6-4-5-7-14(13)12-17-10-8-16(2,9-11-17)15(18)19/h4-7H,3,8-12H2,1-2H3,(H,18,19). The minimum atomic E-state index is -0.652. The number of hydrogen-bond acceptors (Lipinski definition) is 2. The molecule has 1 aromatic rings. The van der Waals surface area contributed by atoms with E-state index in [0.717, 1.165) is 38.9 Å². The second-order valence-electron chi connectivity index (χ2n) is 5.76. The molecule has 0 spiro atoms. The van der Waals surface area contributed by atoms with E-state index in [9.17, 15) is 9.90 Å². The predicted octanol–water partition coefficient (Wildman–Crippen LogP) is 2.94. The fourth-order valence-corrected chi connectivity index (χ4v) is 2.72. The molecule has 0 aromatic heterocycles. The van der Waals surface area contributed by atoms with Gasteiger partial charge in [-0.3, -0.25) is 9.69 Å². The summed E-state index contributed by atoms with van der Waals surface area (Å²) in [4.78, 5) is 13.6.